The maximum Gasteiger partial charge on any atom is 0.253 e. The lowest BCUT2D eigenvalue weighted by atomic mass is 10.0. The van der Waals surface area contributed by atoms with Gasteiger partial charge in [0.1, 0.15) is 0 Å². The molecule has 0 saturated carbocycles. The fraction of sp³-hybridized carbons (Fsp3) is 0.478. The molecule has 31 heavy (non-hydrogen) atoms. The van der Waals surface area contributed by atoms with Gasteiger partial charge in [0, 0.05) is 59.3 Å². The number of benzene rings is 1. The molecule has 1 saturated heterocycles. The van der Waals surface area contributed by atoms with E-state index in [4.69, 9.17) is 4.74 Å². The standard InChI is InChI=1S/C23H30BrN3O4/c1-4-27(18-5-7-31-8-6-18)21-11-17(24)10-19(15(21)3)22(29)25-12-20-16(13-28)9-14(2)26-23(20)30/h9-11,18,28H,4-8,12-13H2,1-3H3,(H,25,29)(H,26,30). The van der Waals surface area contributed by atoms with Crippen molar-refractivity contribution in [2.45, 2.75) is 52.8 Å². The zero-order valence-corrected chi connectivity index (χ0v) is 19.8. The number of nitrogens with zero attached hydrogens (tertiary/aromatic N) is 1. The second kappa shape index (κ2) is 10.4. The van der Waals surface area contributed by atoms with Crippen molar-refractivity contribution < 1.29 is 14.6 Å². The van der Waals surface area contributed by atoms with Crippen LogP contribution in [0.5, 0.6) is 0 Å². The van der Waals surface area contributed by atoms with Gasteiger partial charge in [-0.15, -0.1) is 0 Å². The number of rotatable bonds is 7. The van der Waals surface area contributed by atoms with Crippen LogP contribution >= 0.6 is 15.9 Å². The highest BCUT2D eigenvalue weighted by molar-refractivity contribution is 9.10. The van der Waals surface area contributed by atoms with Crippen LogP contribution in [0.15, 0.2) is 27.5 Å². The van der Waals surface area contributed by atoms with Crippen molar-refractivity contribution in [1.82, 2.24) is 10.3 Å². The second-order valence-electron chi connectivity index (χ2n) is 7.85. The number of aliphatic hydroxyl groups is 1. The van der Waals surface area contributed by atoms with Gasteiger partial charge in [-0.05, 0) is 62.9 Å². The zero-order valence-electron chi connectivity index (χ0n) is 18.3. The summed E-state index contributed by atoms with van der Waals surface area (Å²) < 4.78 is 6.34. The Morgan fingerprint density at radius 3 is 2.65 bits per heavy atom. The third-order valence-electron chi connectivity index (χ3n) is 5.83. The van der Waals surface area contributed by atoms with Crippen LogP contribution in [-0.2, 0) is 17.9 Å². The molecule has 1 aliphatic rings. The molecule has 168 valence electrons. The molecule has 0 radical (unpaired) electrons. The molecule has 1 aliphatic heterocycles. The van der Waals surface area contributed by atoms with E-state index >= 15 is 0 Å². The van der Waals surface area contributed by atoms with E-state index in [1.165, 1.54) is 0 Å². The molecular formula is C23H30BrN3O4. The topological polar surface area (TPSA) is 94.7 Å². The Bertz CT molecular complexity index is 999. The van der Waals surface area contributed by atoms with Crippen LogP contribution in [0.1, 0.15) is 52.5 Å². The highest BCUT2D eigenvalue weighted by Gasteiger charge is 2.24. The van der Waals surface area contributed by atoms with Gasteiger partial charge in [-0.1, -0.05) is 15.9 Å². The number of halogens is 1. The minimum absolute atomic E-state index is 0.0447. The highest BCUT2D eigenvalue weighted by atomic mass is 79.9. The van der Waals surface area contributed by atoms with Crippen molar-refractivity contribution in [3.05, 3.63) is 61.0 Å². The summed E-state index contributed by atoms with van der Waals surface area (Å²) in [5, 5.41) is 12.4. The third-order valence-corrected chi connectivity index (χ3v) is 6.29. The minimum Gasteiger partial charge on any atom is -0.392 e. The number of pyridine rings is 1. The van der Waals surface area contributed by atoms with E-state index in [9.17, 15) is 14.7 Å². The SMILES string of the molecule is CCN(c1cc(Br)cc(C(=O)NCc2c(CO)cc(C)[nH]c2=O)c1C)C1CCOCC1. The molecule has 1 fully saturated rings. The normalized spacial score (nSPS) is 14.5. The first-order chi connectivity index (χ1) is 14.8. The van der Waals surface area contributed by atoms with E-state index < -0.39 is 0 Å². The predicted molar refractivity (Wildman–Crippen MR) is 125 cm³/mol. The number of hydrogen-bond acceptors (Lipinski definition) is 5. The summed E-state index contributed by atoms with van der Waals surface area (Å²) in [4.78, 5) is 30.4. The number of carbonyl (C=O) groups excluding carboxylic acids is 1. The first-order valence-corrected chi connectivity index (χ1v) is 11.4. The predicted octanol–water partition coefficient (Wildman–Crippen LogP) is 3.18. The van der Waals surface area contributed by atoms with E-state index in [1.807, 2.05) is 6.92 Å². The Morgan fingerprint density at radius 1 is 1.29 bits per heavy atom. The van der Waals surface area contributed by atoms with Gasteiger partial charge in [0.15, 0.2) is 0 Å². The van der Waals surface area contributed by atoms with Crippen molar-refractivity contribution in [2.75, 3.05) is 24.7 Å². The van der Waals surface area contributed by atoms with E-state index in [0.717, 1.165) is 48.3 Å². The maximum absolute atomic E-state index is 13.1. The molecule has 2 aromatic rings. The van der Waals surface area contributed by atoms with Crippen molar-refractivity contribution in [3.63, 3.8) is 0 Å². The fourth-order valence-corrected chi connectivity index (χ4v) is 4.65. The van der Waals surface area contributed by atoms with Gasteiger partial charge in [-0.3, -0.25) is 9.59 Å². The maximum atomic E-state index is 13.1. The summed E-state index contributed by atoms with van der Waals surface area (Å²) in [5.74, 6) is -0.257. The molecule has 1 aromatic heterocycles. The molecule has 8 heteroatoms. The number of hydrogen-bond donors (Lipinski definition) is 3. The number of aromatic amines is 1. The summed E-state index contributed by atoms with van der Waals surface area (Å²) in [6.07, 6.45) is 1.92. The average molecular weight is 492 g/mol. The summed E-state index contributed by atoms with van der Waals surface area (Å²) in [6, 6.07) is 5.96. The molecular weight excluding hydrogens is 462 g/mol. The molecule has 7 nitrogen and oxygen atoms in total. The number of anilines is 1. The van der Waals surface area contributed by atoms with Crippen LogP contribution in [0.2, 0.25) is 0 Å². The number of aryl methyl sites for hydroxylation is 1. The number of amides is 1. The number of aromatic nitrogens is 1. The molecule has 2 heterocycles. The second-order valence-corrected chi connectivity index (χ2v) is 8.77. The number of carbonyl (C=O) groups is 1. The van der Waals surface area contributed by atoms with Crippen LogP contribution in [0.4, 0.5) is 5.69 Å². The first kappa shape index (κ1) is 23.5. The highest BCUT2D eigenvalue weighted by Crippen LogP contribution is 2.31. The third kappa shape index (κ3) is 5.37. The van der Waals surface area contributed by atoms with Crippen LogP contribution in [0.25, 0.3) is 0 Å². The molecule has 1 amide bonds. The van der Waals surface area contributed by atoms with E-state index in [-0.39, 0.29) is 24.6 Å². The Morgan fingerprint density at radius 2 is 2.00 bits per heavy atom. The first-order valence-electron chi connectivity index (χ1n) is 10.6. The van der Waals surface area contributed by atoms with Crippen molar-refractivity contribution in [3.8, 4) is 0 Å². The van der Waals surface area contributed by atoms with Gasteiger partial charge in [0.2, 0.25) is 0 Å². The lowest BCUT2D eigenvalue weighted by Crippen LogP contribution is -2.40. The quantitative estimate of drug-likeness (QED) is 0.552. The number of aliphatic hydroxyl groups excluding tert-OH is 1. The minimum atomic E-state index is -0.298. The zero-order chi connectivity index (χ0) is 22.5. The Balaban J connectivity index is 1.86. The van der Waals surface area contributed by atoms with Crippen molar-refractivity contribution >= 4 is 27.5 Å². The van der Waals surface area contributed by atoms with Crippen LogP contribution in [0.3, 0.4) is 0 Å². The summed E-state index contributed by atoms with van der Waals surface area (Å²) in [5.41, 5.74) is 3.74. The molecule has 0 bridgehead atoms. The van der Waals surface area contributed by atoms with Crippen molar-refractivity contribution in [1.29, 1.82) is 0 Å². The van der Waals surface area contributed by atoms with Crippen LogP contribution < -0.4 is 15.8 Å². The van der Waals surface area contributed by atoms with Gasteiger partial charge >= 0.3 is 0 Å². The van der Waals surface area contributed by atoms with Gasteiger partial charge in [-0.25, -0.2) is 0 Å². The summed E-state index contributed by atoms with van der Waals surface area (Å²) in [7, 11) is 0. The smallest absolute Gasteiger partial charge is 0.253 e. The van der Waals surface area contributed by atoms with Gasteiger partial charge in [-0.2, -0.15) is 0 Å². The lowest BCUT2D eigenvalue weighted by molar-refractivity contribution is 0.0845. The largest absolute Gasteiger partial charge is 0.392 e. The molecule has 3 rings (SSSR count). The lowest BCUT2D eigenvalue weighted by Gasteiger charge is -2.36. The molecule has 0 spiro atoms. The number of H-pyrrole nitrogens is 1. The van der Waals surface area contributed by atoms with E-state index in [0.29, 0.717) is 28.4 Å². The Labute approximate surface area is 190 Å². The number of nitrogens with one attached hydrogen (secondary N) is 2. The van der Waals surface area contributed by atoms with Gasteiger partial charge in [0.05, 0.1) is 6.61 Å². The number of ether oxygens (including phenoxy) is 1. The molecule has 0 atom stereocenters. The fourth-order valence-electron chi connectivity index (χ4n) is 4.20. The molecule has 1 aromatic carbocycles. The molecule has 0 unspecified atom stereocenters. The average Bonchev–Trinajstić information content (AvgIpc) is 2.75. The van der Waals surface area contributed by atoms with E-state index in [1.54, 1.807) is 19.1 Å². The molecule has 3 N–H and O–H groups in total. The molecule has 0 aliphatic carbocycles. The van der Waals surface area contributed by atoms with Crippen LogP contribution in [0, 0.1) is 13.8 Å². The van der Waals surface area contributed by atoms with Crippen molar-refractivity contribution in [2.24, 2.45) is 0 Å². The monoisotopic (exact) mass is 491 g/mol. The Kier molecular flexibility index (Phi) is 7.91. The van der Waals surface area contributed by atoms with Crippen LogP contribution in [-0.4, -0.2) is 41.8 Å². The van der Waals surface area contributed by atoms with E-state index in [2.05, 4.69) is 44.1 Å². The summed E-state index contributed by atoms with van der Waals surface area (Å²) in [6.45, 7) is 7.95. The van der Waals surface area contributed by atoms with Gasteiger partial charge in [0.25, 0.3) is 11.5 Å². The summed E-state index contributed by atoms with van der Waals surface area (Å²) >= 11 is 3.56. The Hall–Kier alpha value is -2.16. The van der Waals surface area contributed by atoms with Gasteiger partial charge < -0.3 is 25.0 Å².